The molecule has 0 amide bonds. The molecule has 1 heterocycles. The first-order valence-corrected chi connectivity index (χ1v) is 9.57. The highest BCUT2D eigenvalue weighted by Gasteiger charge is 2.21. The molecule has 0 saturated heterocycles. The first-order chi connectivity index (χ1) is 15.8. The molecule has 0 unspecified atom stereocenters. The largest absolute Gasteiger partial charge is 0.490 e. The summed E-state index contributed by atoms with van der Waals surface area (Å²) >= 11 is 0. The van der Waals surface area contributed by atoms with E-state index in [-0.39, 0.29) is 18.1 Å². The van der Waals surface area contributed by atoms with Gasteiger partial charge in [-0.15, -0.1) is 0 Å². The van der Waals surface area contributed by atoms with Crippen molar-refractivity contribution in [3.05, 3.63) is 90.0 Å². The summed E-state index contributed by atoms with van der Waals surface area (Å²) in [6, 6.07) is 11.0. The number of H-pyrrole nitrogens is 1. The molecule has 3 aromatic rings. The Balaban J connectivity index is 1.77. The van der Waals surface area contributed by atoms with E-state index >= 15 is 0 Å². The van der Waals surface area contributed by atoms with Gasteiger partial charge in [-0.05, 0) is 48.4 Å². The van der Waals surface area contributed by atoms with E-state index in [0.717, 1.165) is 5.56 Å². The average Bonchev–Trinajstić information content (AvgIpc) is 2.77. The van der Waals surface area contributed by atoms with E-state index in [1.54, 1.807) is 43.3 Å². The van der Waals surface area contributed by atoms with Gasteiger partial charge in [0.05, 0.1) is 16.5 Å². The predicted molar refractivity (Wildman–Crippen MR) is 117 cm³/mol. The molecule has 0 bridgehead atoms. The topological polar surface area (TPSA) is 171 Å². The molecule has 0 aliphatic rings. The molecular weight excluding hydrogens is 436 g/mol. The summed E-state index contributed by atoms with van der Waals surface area (Å²) in [5.41, 5.74) is -0.735. The number of ether oxygens (including phenoxy) is 2. The Bertz CT molecular complexity index is 1270. The fourth-order valence-corrected chi connectivity index (χ4v) is 2.78. The van der Waals surface area contributed by atoms with Crippen LogP contribution >= 0.6 is 0 Å². The van der Waals surface area contributed by atoms with Gasteiger partial charge < -0.3 is 19.6 Å². The van der Waals surface area contributed by atoms with Crippen molar-refractivity contribution in [3.8, 4) is 17.4 Å². The number of aromatic amines is 1. The Morgan fingerprint density at radius 3 is 2.36 bits per heavy atom. The molecule has 170 valence electrons. The van der Waals surface area contributed by atoms with E-state index in [1.807, 2.05) is 0 Å². The Morgan fingerprint density at radius 2 is 1.76 bits per heavy atom. The lowest BCUT2D eigenvalue weighted by atomic mass is 10.2. The number of hydrogen-bond acceptors (Lipinski definition) is 9. The SMILES string of the molecule is CCOc1cc(/C=C\c2nc(O)c([N+](=O)[O-])c(=O)[nH]2)ccc1OCc1ccc([N+](=O)[O-])cc1. The summed E-state index contributed by atoms with van der Waals surface area (Å²) in [5, 5.41) is 31.1. The summed E-state index contributed by atoms with van der Waals surface area (Å²) in [7, 11) is 0. The highest BCUT2D eigenvalue weighted by molar-refractivity contribution is 5.68. The summed E-state index contributed by atoms with van der Waals surface area (Å²) in [6.07, 6.45) is 2.93. The van der Waals surface area contributed by atoms with Gasteiger partial charge in [0, 0.05) is 12.1 Å². The highest BCUT2D eigenvalue weighted by atomic mass is 16.6. The molecule has 1 aromatic heterocycles. The van der Waals surface area contributed by atoms with Crippen LogP contribution in [0.1, 0.15) is 23.9 Å². The minimum atomic E-state index is -1.07. The number of benzene rings is 2. The molecule has 12 heteroatoms. The number of aromatic nitrogens is 2. The van der Waals surface area contributed by atoms with Crippen molar-refractivity contribution in [1.82, 2.24) is 9.97 Å². The van der Waals surface area contributed by atoms with Crippen LogP contribution < -0.4 is 15.0 Å². The van der Waals surface area contributed by atoms with Crippen molar-refractivity contribution in [2.45, 2.75) is 13.5 Å². The summed E-state index contributed by atoms with van der Waals surface area (Å²) in [4.78, 5) is 37.6. The maximum absolute atomic E-state index is 11.7. The lowest BCUT2D eigenvalue weighted by Gasteiger charge is -2.12. The van der Waals surface area contributed by atoms with Gasteiger partial charge in [-0.2, -0.15) is 4.98 Å². The van der Waals surface area contributed by atoms with Gasteiger partial charge in [0.25, 0.3) is 11.6 Å². The maximum Gasteiger partial charge on any atom is 0.395 e. The second-order valence-corrected chi connectivity index (χ2v) is 6.57. The number of nitrogens with one attached hydrogen (secondary N) is 1. The minimum absolute atomic E-state index is 0.0120. The first-order valence-electron chi connectivity index (χ1n) is 9.57. The number of nitrogens with zero attached hydrogens (tertiary/aromatic N) is 3. The number of rotatable bonds is 9. The standard InChI is InChI=1S/C21H18N4O8/c1-2-32-17-11-13(6-10-18-22-20(26)19(25(30)31)21(27)23-18)5-9-16(17)33-12-14-3-7-15(8-4-14)24(28)29/h3-11H,2,12H2,1H3,(H2,22,23,26,27)/b10-6-. The van der Waals surface area contributed by atoms with E-state index in [4.69, 9.17) is 9.47 Å². The summed E-state index contributed by atoms with van der Waals surface area (Å²) in [5.74, 6) is -0.158. The predicted octanol–water partition coefficient (Wildman–Crippen LogP) is 3.44. The zero-order valence-corrected chi connectivity index (χ0v) is 17.3. The normalized spacial score (nSPS) is 10.8. The molecule has 0 aliphatic heterocycles. The van der Waals surface area contributed by atoms with Crippen LogP contribution in [0.2, 0.25) is 0 Å². The van der Waals surface area contributed by atoms with Crippen molar-refractivity contribution in [1.29, 1.82) is 0 Å². The van der Waals surface area contributed by atoms with Crippen molar-refractivity contribution in [2.75, 3.05) is 6.61 Å². The number of aromatic hydroxyl groups is 1. The van der Waals surface area contributed by atoms with Crippen LogP contribution in [-0.4, -0.2) is 31.5 Å². The molecule has 0 spiro atoms. The lowest BCUT2D eigenvalue weighted by molar-refractivity contribution is -0.387. The number of nitro groups is 2. The van der Waals surface area contributed by atoms with Crippen LogP contribution in [0.25, 0.3) is 12.2 Å². The molecule has 0 atom stereocenters. The van der Waals surface area contributed by atoms with Crippen molar-refractivity contribution in [2.24, 2.45) is 0 Å². The minimum Gasteiger partial charge on any atom is -0.490 e. The molecule has 0 aliphatic carbocycles. The van der Waals surface area contributed by atoms with E-state index in [0.29, 0.717) is 23.7 Å². The van der Waals surface area contributed by atoms with E-state index in [2.05, 4.69) is 9.97 Å². The average molecular weight is 454 g/mol. The van der Waals surface area contributed by atoms with Gasteiger partial charge in [-0.1, -0.05) is 12.1 Å². The van der Waals surface area contributed by atoms with Gasteiger partial charge in [0.2, 0.25) is 0 Å². The zero-order valence-electron chi connectivity index (χ0n) is 17.3. The Kier molecular flexibility index (Phi) is 6.98. The number of hydrogen-bond donors (Lipinski definition) is 2. The van der Waals surface area contributed by atoms with Crippen LogP contribution in [0.5, 0.6) is 17.4 Å². The second-order valence-electron chi connectivity index (χ2n) is 6.57. The molecule has 0 fully saturated rings. The van der Waals surface area contributed by atoms with Gasteiger partial charge in [-0.3, -0.25) is 25.0 Å². The van der Waals surface area contributed by atoms with Crippen LogP contribution in [0.15, 0.2) is 47.3 Å². The lowest BCUT2D eigenvalue weighted by Crippen LogP contribution is -2.14. The van der Waals surface area contributed by atoms with Crippen molar-refractivity contribution in [3.63, 3.8) is 0 Å². The Morgan fingerprint density at radius 1 is 1.03 bits per heavy atom. The van der Waals surface area contributed by atoms with Crippen molar-refractivity contribution >= 4 is 23.5 Å². The summed E-state index contributed by atoms with van der Waals surface area (Å²) in [6.45, 7) is 2.34. The summed E-state index contributed by atoms with van der Waals surface area (Å²) < 4.78 is 11.4. The molecule has 12 nitrogen and oxygen atoms in total. The fourth-order valence-electron chi connectivity index (χ4n) is 2.78. The van der Waals surface area contributed by atoms with Crippen LogP contribution in [0.3, 0.4) is 0 Å². The van der Waals surface area contributed by atoms with Gasteiger partial charge in [0.1, 0.15) is 12.4 Å². The Hall–Kier alpha value is -4.74. The molecule has 2 aromatic carbocycles. The maximum atomic E-state index is 11.7. The number of non-ortho nitro benzene ring substituents is 1. The third kappa shape index (κ3) is 5.70. The fraction of sp³-hybridized carbons (Fsp3) is 0.143. The Labute approximate surface area is 186 Å². The van der Waals surface area contributed by atoms with Crippen LogP contribution in [0, 0.1) is 20.2 Å². The monoisotopic (exact) mass is 454 g/mol. The molecule has 0 saturated carbocycles. The third-order valence-electron chi connectivity index (χ3n) is 4.32. The second kappa shape index (κ2) is 10.0. The first kappa shape index (κ1) is 22.9. The van der Waals surface area contributed by atoms with Gasteiger partial charge in [0.15, 0.2) is 11.5 Å². The third-order valence-corrected chi connectivity index (χ3v) is 4.32. The molecule has 33 heavy (non-hydrogen) atoms. The smallest absolute Gasteiger partial charge is 0.395 e. The van der Waals surface area contributed by atoms with Crippen LogP contribution in [0.4, 0.5) is 11.4 Å². The number of nitro benzene ring substituents is 1. The van der Waals surface area contributed by atoms with Gasteiger partial charge >= 0.3 is 11.2 Å². The quantitative estimate of drug-likeness (QED) is 0.363. The van der Waals surface area contributed by atoms with E-state index < -0.39 is 27.0 Å². The van der Waals surface area contributed by atoms with Crippen molar-refractivity contribution < 1.29 is 24.4 Å². The van der Waals surface area contributed by atoms with Gasteiger partial charge in [-0.25, -0.2) is 0 Å². The zero-order chi connectivity index (χ0) is 24.0. The van der Waals surface area contributed by atoms with E-state index in [9.17, 15) is 30.1 Å². The van der Waals surface area contributed by atoms with E-state index in [1.165, 1.54) is 18.2 Å². The molecular formula is C21H18N4O8. The highest BCUT2D eigenvalue weighted by Crippen LogP contribution is 2.30. The molecule has 0 radical (unpaired) electrons. The van der Waals surface area contributed by atoms with Crippen LogP contribution in [-0.2, 0) is 6.61 Å². The molecule has 2 N–H and O–H groups in total. The molecule has 3 rings (SSSR count).